The number of hydrogen-bond acceptors (Lipinski definition) is 4. The molecule has 1 aromatic heterocycles. The number of rotatable bonds is 6. The number of aromatic nitrogens is 1. The van der Waals surface area contributed by atoms with E-state index in [2.05, 4.69) is 10.2 Å². The Hall–Kier alpha value is -2.21. The van der Waals surface area contributed by atoms with Crippen LogP contribution in [0.15, 0.2) is 23.1 Å². The Morgan fingerprint density at radius 2 is 1.76 bits per heavy atom. The lowest BCUT2D eigenvalue weighted by molar-refractivity contribution is 0.112. The van der Waals surface area contributed by atoms with Crippen molar-refractivity contribution >= 4 is 22.9 Å². The predicted molar refractivity (Wildman–Crippen MR) is 114 cm³/mol. The molecule has 1 saturated heterocycles. The smallest absolute Gasteiger partial charge is 0.199 e. The van der Waals surface area contributed by atoms with Crippen LogP contribution in [0.2, 0.25) is 0 Å². The zero-order chi connectivity index (χ0) is 20.2. The summed E-state index contributed by atoms with van der Waals surface area (Å²) in [6.45, 7) is 3.70. The highest BCUT2D eigenvalue weighted by Gasteiger charge is 2.18. The number of anilines is 1. The summed E-state index contributed by atoms with van der Waals surface area (Å²) < 4.78 is 16.7. The van der Waals surface area contributed by atoms with Crippen LogP contribution in [-0.2, 0) is 6.54 Å². The van der Waals surface area contributed by atoms with E-state index in [-0.39, 0.29) is 17.0 Å². The standard InChI is InChI=1S/C23H30FN3O2/c24-20-13-19-22(14-21(20)25-18-7-3-1-4-8-18)27(15-17(16-28)23(19)29)12-11-26-9-5-2-6-10-26/h13-16,18,25H,1-12H2. The van der Waals surface area contributed by atoms with Crippen molar-refractivity contribution in [3.63, 3.8) is 0 Å². The quantitative estimate of drug-likeness (QED) is 0.741. The molecule has 29 heavy (non-hydrogen) atoms. The Kier molecular flexibility index (Phi) is 6.28. The van der Waals surface area contributed by atoms with Gasteiger partial charge in [0.15, 0.2) is 11.7 Å². The molecular formula is C23H30FN3O2. The number of fused-ring (bicyclic) bond motifs is 1. The van der Waals surface area contributed by atoms with Crippen molar-refractivity contribution in [1.29, 1.82) is 0 Å². The molecule has 6 heteroatoms. The van der Waals surface area contributed by atoms with Crippen molar-refractivity contribution in [2.24, 2.45) is 0 Å². The monoisotopic (exact) mass is 399 g/mol. The largest absolute Gasteiger partial charge is 0.380 e. The number of nitrogens with zero attached hydrogens (tertiary/aromatic N) is 2. The summed E-state index contributed by atoms with van der Waals surface area (Å²) in [7, 11) is 0. The van der Waals surface area contributed by atoms with Gasteiger partial charge in [0.1, 0.15) is 5.82 Å². The highest BCUT2D eigenvalue weighted by Crippen LogP contribution is 2.26. The maximum Gasteiger partial charge on any atom is 0.199 e. The minimum Gasteiger partial charge on any atom is -0.380 e. The lowest BCUT2D eigenvalue weighted by Gasteiger charge is -2.27. The van der Waals surface area contributed by atoms with Crippen LogP contribution in [-0.4, -0.2) is 41.4 Å². The summed E-state index contributed by atoms with van der Waals surface area (Å²) in [4.78, 5) is 26.5. The van der Waals surface area contributed by atoms with Gasteiger partial charge in [0.05, 0.1) is 16.8 Å². The number of likely N-dealkylation sites (tertiary alicyclic amines) is 1. The van der Waals surface area contributed by atoms with Crippen LogP contribution in [0.5, 0.6) is 0 Å². The Bertz CT molecular complexity index is 928. The number of hydrogen-bond donors (Lipinski definition) is 1. The van der Waals surface area contributed by atoms with E-state index >= 15 is 0 Å². The minimum absolute atomic E-state index is 0.0866. The van der Waals surface area contributed by atoms with Crippen molar-refractivity contribution < 1.29 is 9.18 Å². The molecule has 2 aliphatic rings. The predicted octanol–water partition coefficient (Wildman–Crippen LogP) is 4.18. The van der Waals surface area contributed by atoms with Crippen LogP contribution >= 0.6 is 0 Å². The molecule has 0 atom stereocenters. The van der Waals surface area contributed by atoms with Gasteiger partial charge in [0.25, 0.3) is 0 Å². The fourth-order valence-electron chi connectivity index (χ4n) is 4.71. The first-order valence-electron chi connectivity index (χ1n) is 11.0. The van der Waals surface area contributed by atoms with E-state index in [0.717, 1.165) is 45.3 Å². The van der Waals surface area contributed by atoms with Gasteiger partial charge in [-0.05, 0) is 50.9 Å². The number of carbonyl (C=O) groups is 1. The van der Waals surface area contributed by atoms with Gasteiger partial charge < -0.3 is 14.8 Å². The van der Waals surface area contributed by atoms with Gasteiger partial charge in [-0.15, -0.1) is 0 Å². The zero-order valence-corrected chi connectivity index (χ0v) is 17.0. The SMILES string of the molecule is O=Cc1cn(CCN2CCCCC2)c2cc(NC3CCCCC3)c(F)cc2c1=O. The number of carbonyl (C=O) groups excluding carboxylic acids is 1. The van der Waals surface area contributed by atoms with E-state index in [9.17, 15) is 14.0 Å². The molecule has 0 amide bonds. The van der Waals surface area contributed by atoms with Crippen LogP contribution in [0.1, 0.15) is 61.7 Å². The van der Waals surface area contributed by atoms with Gasteiger partial charge in [-0.1, -0.05) is 25.7 Å². The number of benzene rings is 1. The van der Waals surface area contributed by atoms with Gasteiger partial charge in [-0.3, -0.25) is 9.59 Å². The van der Waals surface area contributed by atoms with E-state index in [1.807, 2.05) is 4.57 Å². The van der Waals surface area contributed by atoms with Crippen molar-refractivity contribution in [1.82, 2.24) is 9.47 Å². The number of pyridine rings is 1. The lowest BCUT2D eigenvalue weighted by atomic mass is 9.95. The highest BCUT2D eigenvalue weighted by molar-refractivity contribution is 5.88. The Labute approximate surface area is 170 Å². The molecule has 1 saturated carbocycles. The molecule has 2 aromatic rings. The summed E-state index contributed by atoms with van der Waals surface area (Å²) >= 11 is 0. The van der Waals surface area contributed by atoms with Crippen LogP contribution in [0.4, 0.5) is 10.1 Å². The summed E-state index contributed by atoms with van der Waals surface area (Å²) in [5.74, 6) is -0.425. The summed E-state index contributed by atoms with van der Waals surface area (Å²) in [5, 5.41) is 3.63. The van der Waals surface area contributed by atoms with Crippen molar-refractivity contribution in [3.05, 3.63) is 39.9 Å². The Morgan fingerprint density at radius 1 is 1.03 bits per heavy atom. The van der Waals surface area contributed by atoms with E-state index in [1.54, 1.807) is 12.3 Å². The molecule has 1 aromatic carbocycles. The lowest BCUT2D eigenvalue weighted by Crippen LogP contribution is -2.33. The molecular weight excluding hydrogens is 369 g/mol. The third-order valence-electron chi connectivity index (χ3n) is 6.39. The van der Waals surface area contributed by atoms with Crippen molar-refractivity contribution in [3.8, 4) is 0 Å². The van der Waals surface area contributed by atoms with Crippen molar-refractivity contribution in [2.75, 3.05) is 25.0 Å². The first-order chi connectivity index (χ1) is 14.2. The molecule has 1 N–H and O–H groups in total. The van der Waals surface area contributed by atoms with Gasteiger partial charge >= 0.3 is 0 Å². The molecule has 0 radical (unpaired) electrons. The fourth-order valence-corrected chi connectivity index (χ4v) is 4.71. The third-order valence-corrected chi connectivity index (χ3v) is 6.39. The molecule has 5 nitrogen and oxygen atoms in total. The summed E-state index contributed by atoms with van der Waals surface area (Å²) in [5.41, 5.74) is 0.836. The van der Waals surface area contributed by atoms with Crippen molar-refractivity contribution in [2.45, 2.75) is 64.0 Å². The average molecular weight is 400 g/mol. The Morgan fingerprint density at radius 3 is 2.48 bits per heavy atom. The van der Waals surface area contributed by atoms with E-state index in [4.69, 9.17) is 0 Å². The first-order valence-corrected chi connectivity index (χ1v) is 11.0. The van der Waals surface area contributed by atoms with E-state index < -0.39 is 11.2 Å². The van der Waals surface area contributed by atoms with Gasteiger partial charge in [0.2, 0.25) is 0 Å². The number of aldehydes is 1. The molecule has 0 bridgehead atoms. The van der Waals surface area contributed by atoms with E-state index in [1.165, 1.54) is 31.7 Å². The van der Waals surface area contributed by atoms with Crippen LogP contribution in [0.25, 0.3) is 10.9 Å². The first kappa shape index (κ1) is 20.1. The van der Waals surface area contributed by atoms with Crippen LogP contribution in [0, 0.1) is 5.82 Å². The Balaban J connectivity index is 1.67. The normalized spacial score (nSPS) is 18.8. The van der Waals surface area contributed by atoms with Crippen LogP contribution in [0.3, 0.4) is 0 Å². The van der Waals surface area contributed by atoms with Gasteiger partial charge in [0, 0.05) is 30.7 Å². The molecule has 2 heterocycles. The fraction of sp³-hybridized carbons (Fsp3) is 0.565. The van der Waals surface area contributed by atoms with E-state index in [0.29, 0.717) is 24.0 Å². The molecule has 156 valence electrons. The molecule has 0 unspecified atom stereocenters. The summed E-state index contributed by atoms with van der Waals surface area (Å²) in [6, 6.07) is 3.33. The molecule has 4 rings (SSSR count). The number of piperidine rings is 1. The second-order valence-electron chi connectivity index (χ2n) is 8.46. The molecule has 1 aliphatic heterocycles. The second-order valence-corrected chi connectivity index (χ2v) is 8.46. The topological polar surface area (TPSA) is 54.3 Å². The maximum absolute atomic E-state index is 14.8. The number of halogens is 1. The highest BCUT2D eigenvalue weighted by atomic mass is 19.1. The summed E-state index contributed by atoms with van der Waals surface area (Å²) in [6.07, 6.45) is 11.6. The average Bonchev–Trinajstić information content (AvgIpc) is 2.76. The maximum atomic E-state index is 14.8. The molecule has 1 aliphatic carbocycles. The third kappa shape index (κ3) is 4.53. The number of nitrogens with one attached hydrogen (secondary N) is 1. The minimum atomic E-state index is -0.425. The van der Waals surface area contributed by atoms with Gasteiger partial charge in [-0.2, -0.15) is 0 Å². The molecule has 2 fully saturated rings. The van der Waals surface area contributed by atoms with Gasteiger partial charge in [-0.25, -0.2) is 4.39 Å². The second kappa shape index (κ2) is 9.08. The molecule has 0 spiro atoms. The van der Waals surface area contributed by atoms with Crippen LogP contribution < -0.4 is 10.7 Å². The zero-order valence-electron chi connectivity index (χ0n) is 17.0.